The highest BCUT2D eigenvalue weighted by Gasteiger charge is 2.18. The first kappa shape index (κ1) is 23.1. The molecule has 1 aromatic heterocycles. The summed E-state index contributed by atoms with van der Waals surface area (Å²) in [4.78, 5) is 28.7. The number of rotatable bonds is 5. The predicted octanol–water partition coefficient (Wildman–Crippen LogP) is 5.76. The number of carbonyl (C=O) groups excluding carboxylic acids is 2. The average Bonchev–Trinajstić information content (AvgIpc) is 2.74. The summed E-state index contributed by atoms with van der Waals surface area (Å²) in [5.74, 6) is 1.05. The van der Waals surface area contributed by atoms with E-state index in [-0.39, 0.29) is 5.91 Å². The van der Waals surface area contributed by atoms with Gasteiger partial charge in [0.15, 0.2) is 0 Å². The summed E-state index contributed by atoms with van der Waals surface area (Å²) >= 11 is 3.23. The van der Waals surface area contributed by atoms with Crippen LogP contribution in [0.3, 0.4) is 0 Å². The first-order valence-electron chi connectivity index (χ1n) is 9.71. The molecule has 0 saturated carbocycles. The zero-order valence-electron chi connectivity index (χ0n) is 17.8. The summed E-state index contributed by atoms with van der Waals surface area (Å²) in [7, 11) is 0. The van der Waals surface area contributed by atoms with Crippen LogP contribution in [0.4, 0.5) is 22.0 Å². The summed E-state index contributed by atoms with van der Waals surface area (Å²) in [5.41, 5.74) is 6.75. The van der Waals surface area contributed by atoms with E-state index in [9.17, 15) is 9.59 Å². The Balaban J connectivity index is 1.66. The van der Waals surface area contributed by atoms with Gasteiger partial charge in [-0.3, -0.25) is 10.1 Å². The smallest absolute Gasteiger partial charge is 0.412 e. The molecule has 3 N–H and O–H groups in total. The van der Waals surface area contributed by atoms with Crippen LogP contribution in [0.1, 0.15) is 31.1 Å². The fraction of sp³-hybridized carbons (Fsp3) is 0.174. The molecule has 0 radical (unpaired) electrons. The number of hydrogen-bond donors (Lipinski definition) is 2. The third kappa shape index (κ3) is 6.21. The van der Waals surface area contributed by atoms with Crippen LogP contribution in [0.15, 0.2) is 66.9 Å². The van der Waals surface area contributed by atoms with Crippen LogP contribution in [-0.2, 0) is 4.74 Å². The minimum atomic E-state index is -0.582. The molecule has 0 fully saturated rings. The van der Waals surface area contributed by atoms with Crippen LogP contribution in [0, 0.1) is 0 Å². The highest BCUT2D eigenvalue weighted by Crippen LogP contribution is 2.30. The molecule has 166 valence electrons. The van der Waals surface area contributed by atoms with Gasteiger partial charge in [-0.2, -0.15) is 0 Å². The number of carbonyl (C=O) groups is 2. The molecule has 0 bridgehead atoms. The van der Waals surface area contributed by atoms with Gasteiger partial charge in [-0.15, -0.1) is 0 Å². The minimum Gasteiger partial charge on any atom is -0.455 e. The van der Waals surface area contributed by atoms with Crippen LogP contribution in [0.2, 0.25) is 0 Å². The third-order valence-electron chi connectivity index (χ3n) is 4.01. The summed E-state index contributed by atoms with van der Waals surface area (Å²) in [5, 5.41) is 2.65. The van der Waals surface area contributed by atoms with Crippen molar-refractivity contribution in [2.24, 2.45) is 0 Å². The van der Waals surface area contributed by atoms with Crippen molar-refractivity contribution < 1.29 is 19.1 Å². The second-order valence-corrected chi connectivity index (χ2v) is 8.49. The molecule has 2 aromatic carbocycles. The van der Waals surface area contributed by atoms with Crippen LogP contribution in [0.5, 0.6) is 11.5 Å². The number of benzene rings is 2. The fourth-order valence-corrected chi connectivity index (χ4v) is 3.03. The number of nitrogen functional groups attached to an aromatic ring is 1. The van der Waals surface area contributed by atoms with Gasteiger partial charge in [0.25, 0.3) is 5.91 Å². The van der Waals surface area contributed by atoms with Gasteiger partial charge < -0.3 is 15.2 Å². The Morgan fingerprint density at radius 1 is 1.06 bits per heavy atom. The summed E-state index contributed by atoms with van der Waals surface area (Å²) in [6, 6.07) is 16.8. The van der Waals surface area contributed by atoms with Crippen molar-refractivity contribution in [1.82, 2.24) is 4.98 Å². The van der Waals surface area contributed by atoms with E-state index in [1.54, 1.807) is 81.6 Å². The molecule has 3 rings (SSSR count). The average molecular weight is 499 g/mol. The maximum atomic E-state index is 12.7. The van der Waals surface area contributed by atoms with Gasteiger partial charge in [0.2, 0.25) is 0 Å². The molecule has 32 heavy (non-hydrogen) atoms. The predicted molar refractivity (Wildman–Crippen MR) is 127 cm³/mol. The third-order valence-corrected chi connectivity index (χ3v) is 4.70. The number of pyridine rings is 1. The number of halogens is 1. The number of nitrogens with zero attached hydrogens (tertiary/aromatic N) is 2. The van der Waals surface area contributed by atoms with E-state index in [0.29, 0.717) is 34.3 Å². The molecule has 0 aliphatic carbocycles. The summed E-state index contributed by atoms with van der Waals surface area (Å²) in [6.45, 7) is 5.38. The van der Waals surface area contributed by atoms with E-state index < -0.39 is 11.7 Å². The lowest BCUT2D eigenvalue weighted by Gasteiger charge is -2.19. The quantitative estimate of drug-likeness (QED) is 0.342. The molecule has 0 spiro atoms. The van der Waals surface area contributed by atoms with Gasteiger partial charge in [0, 0.05) is 17.4 Å². The van der Waals surface area contributed by atoms with E-state index in [0.717, 1.165) is 0 Å². The largest absolute Gasteiger partial charge is 0.455 e. The molecule has 0 atom stereocenters. The van der Waals surface area contributed by atoms with Crippen molar-refractivity contribution in [3.05, 3.63) is 72.4 Å². The Labute approximate surface area is 194 Å². The van der Waals surface area contributed by atoms with Crippen molar-refractivity contribution in [3.63, 3.8) is 0 Å². The number of aromatic nitrogens is 1. The van der Waals surface area contributed by atoms with Crippen molar-refractivity contribution in [3.8, 4) is 11.5 Å². The molecule has 0 saturated heterocycles. The van der Waals surface area contributed by atoms with E-state index in [1.165, 1.54) is 9.99 Å². The van der Waals surface area contributed by atoms with Crippen LogP contribution >= 0.6 is 16.1 Å². The fourth-order valence-electron chi connectivity index (χ4n) is 2.62. The summed E-state index contributed by atoms with van der Waals surface area (Å²) in [6.07, 6.45) is 1.05. The maximum absolute atomic E-state index is 12.7. The second kappa shape index (κ2) is 9.69. The molecular formula is C23H23BrN4O4. The molecule has 8 nitrogen and oxygen atoms in total. The highest BCUT2D eigenvalue weighted by molar-refractivity contribution is 9.10. The Kier molecular flexibility index (Phi) is 6.99. The molecule has 0 aliphatic heterocycles. The number of amides is 2. The van der Waals surface area contributed by atoms with Gasteiger partial charge in [-0.1, -0.05) is 6.07 Å². The number of ether oxygens (including phenoxy) is 2. The molecular weight excluding hydrogens is 476 g/mol. The van der Waals surface area contributed by atoms with Gasteiger partial charge in [-0.05, 0) is 75.4 Å². The van der Waals surface area contributed by atoms with E-state index >= 15 is 0 Å². The first-order valence-corrected chi connectivity index (χ1v) is 10.4. The zero-order chi connectivity index (χ0) is 23.3. The number of hydrogen-bond acceptors (Lipinski definition) is 6. The van der Waals surface area contributed by atoms with Gasteiger partial charge in [0.1, 0.15) is 22.9 Å². The molecule has 2 amide bonds. The van der Waals surface area contributed by atoms with Gasteiger partial charge >= 0.3 is 6.09 Å². The normalized spacial score (nSPS) is 10.9. The Hall–Kier alpha value is -3.59. The molecule has 9 heteroatoms. The number of nitrogens with two attached hydrogens (primary N) is 1. The highest BCUT2D eigenvalue weighted by atomic mass is 79.9. The van der Waals surface area contributed by atoms with Crippen molar-refractivity contribution in [2.75, 3.05) is 15.0 Å². The Morgan fingerprint density at radius 2 is 1.78 bits per heavy atom. The van der Waals surface area contributed by atoms with E-state index in [4.69, 9.17) is 15.2 Å². The summed E-state index contributed by atoms with van der Waals surface area (Å²) < 4.78 is 12.3. The van der Waals surface area contributed by atoms with Crippen LogP contribution in [0.25, 0.3) is 0 Å². The molecule has 0 unspecified atom stereocenters. The van der Waals surface area contributed by atoms with Gasteiger partial charge in [-0.25, -0.2) is 13.7 Å². The monoisotopic (exact) mass is 498 g/mol. The standard InChI is InChI=1S/C23H23BrN4O4/c1-23(2,3)32-22(30)27-16-8-10-17(11-9-16)31-19-12-7-15(14-18(19)25)21(29)28(24)20-6-4-5-13-26-20/h4-14H,25H2,1-3H3,(H,27,30). The Morgan fingerprint density at radius 3 is 2.38 bits per heavy atom. The van der Waals surface area contributed by atoms with Gasteiger partial charge in [0.05, 0.1) is 21.8 Å². The first-order chi connectivity index (χ1) is 15.1. The minimum absolute atomic E-state index is 0.300. The lowest BCUT2D eigenvalue weighted by Crippen LogP contribution is -2.27. The zero-order valence-corrected chi connectivity index (χ0v) is 19.4. The Bertz CT molecular complexity index is 1100. The van der Waals surface area contributed by atoms with E-state index in [2.05, 4.69) is 26.4 Å². The lowest BCUT2D eigenvalue weighted by atomic mass is 10.1. The lowest BCUT2D eigenvalue weighted by molar-refractivity contribution is 0.0635. The second-order valence-electron chi connectivity index (χ2n) is 7.78. The topological polar surface area (TPSA) is 107 Å². The maximum Gasteiger partial charge on any atom is 0.412 e. The number of anilines is 3. The van der Waals surface area contributed by atoms with Crippen LogP contribution in [-0.4, -0.2) is 22.6 Å². The molecule has 0 aliphatic rings. The van der Waals surface area contributed by atoms with Crippen molar-refractivity contribution >= 4 is 45.3 Å². The van der Waals surface area contributed by atoms with Crippen molar-refractivity contribution in [2.45, 2.75) is 26.4 Å². The molecule has 3 aromatic rings. The van der Waals surface area contributed by atoms with Crippen molar-refractivity contribution in [1.29, 1.82) is 0 Å². The SMILES string of the molecule is CC(C)(C)OC(=O)Nc1ccc(Oc2ccc(C(=O)N(Br)c3ccccn3)cc2N)cc1. The number of nitrogens with one attached hydrogen (secondary N) is 1. The van der Waals surface area contributed by atoms with Crippen LogP contribution < -0.4 is 19.7 Å². The molecule has 1 heterocycles. The van der Waals surface area contributed by atoms with E-state index in [1.807, 2.05) is 0 Å².